The molecule has 0 unspecified atom stereocenters. The fourth-order valence-corrected chi connectivity index (χ4v) is 7.42. The number of thiophene rings is 1. The van der Waals surface area contributed by atoms with Gasteiger partial charge in [-0.2, -0.15) is 0 Å². The van der Waals surface area contributed by atoms with Gasteiger partial charge in [-0.15, -0.1) is 11.3 Å². The highest BCUT2D eigenvalue weighted by Gasteiger charge is 2.17. The zero-order valence-electron chi connectivity index (χ0n) is 24.0. The summed E-state index contributed by atoms with van der Waals surface area (Å²) in [6.07, 6.45) is 2.00. The van der Waals surface area contributed by atoms with Crippen LogP contribution in [0, 0.1) is 0 Å². The molecule has 4 heteroatoms. The van der Waals surface area contributed by atoms with Gasteiger partial charge in [0.1, 0.15) is 6.67 Å². The number of rotatable bonds is 6. The molecule has 0 saturated carbocycles. The van der Waals surface area contributed by atoms with E-state index in [9.17, 15) is 0 Å². The van der Waals surface area contributed by atoms with Gasteiger partial charge < -0.3 is 10.3 Å². The second-order valence-corrected chi connectivity index (χ2v) is 12.0. The minimum Gasteiger partial charge on any atom is -0.398 e. The van der Waals surface area contributed by atoms with Gasteiger partial charge >= 0.3 is 0 Å². The van der Waals surface area contributed by atoms with E-state index in [1.807, 2.05) is 65.9 Å². The Morgan fingerprint density at radius 1 is 0.614 bits per heavy atom. The topological polar surface area (TPSA) is 43.3 Å². The lowest BCUT2D eigenvalue weighted by molar-refractivity contribution is 0.794. The summed E-state index contributed by atoms with van der Waals surface area (Å²) in [4.78, 5) is 5.25. The number of hydrogen-bond donors (Lipinski definition) is 1. The average Bonchev–Trinajstić information content (AvgIpc) is 3.63. The maximum atomic E-state index is 6.62. The van der Waals surface area contributed by atoms with Crippen molar-refractivity contribution in [2.75, 3.05) is 0 Å². The summed E-state index contributed by atoms with van der Waals surface area (Å²) in [6, 6.07) is 51.1. The number of fused-ring (bicyclic) bond motifs is 7. The van der Waals surface area contributed by atoms with Crippen molar-refractivity contribution in [2.24, 2.45) is 10.7 Å². The van der Waals surface area contributed by atoms with Crippen LogP contribution in [0.25, 0.3) is 58.8 Å². The van der Waals surface area contributed by atoms with E-state index in [2.05, 4.69) is 102 Å². The van der Waals surface area contributed by atoms with E-state index in [0.717, 1.165) is 16.8 Å². The number of nitrogens with zero attached hydrogens (tertiary/aromatic N) is 2. The SMILES string of the molecule is N/C(=C\C(=NCn1c2cc(-c3ccccc3)ccc2c2c3sc4ccccc4c3ccc21)c1ccccc1)c1ccccc1. The fraction of sp³-hybridized carbons (Fsp3) is 0.0250. The summed E-state index contributed by atoms with van der Waals surface area (Å²) < 4.78 is 4.99. The van der Waals surface area contributed by atoms with Crippen molar-refractivity contribution in [3.8, 4) is 11.1 Å². The van der Waals surface area contributed by atoms with Crippen molar-refractivity contribution in [3.05, 3.63) is 163 Å². The van der Waals surface area contributed by atoms with Crippen LogP contribution in [0.2, 0.25) is 0 Å². The quantitative estimate of drug-likeness (QED) is 0.194. The standard InChI is InChI=1S/C40H29N3S/c41-34(28-14-6-2-7-15-28)25-35(29-16-8-3-9-17-29)42-26-43-36-23-22-32-31-18-10-11-19-38(31)44-40(32)39(36)33-21-20-30(24-37(33)43)27-12-4-1-5-13-27/h1-25H,26,41H2/b34-25-,42-35?. The average molecular weight is 584 g/mol. The number of hydrogen-bond acceptors (Lipinski definition) is 3. The van der Waals surface area contributed by atoms with Crippen molar-refractivity contribution >= 4 is 64.7 Å². The van der Waals surface area contributed by atoms with Gasteiger partial charge in [-0.25, -0.2) is 0 Å². The van der Waals surface area contributed by atoms with Crippen molar-refractivity contribution in [2.45, 2.75) is 6.67 Å². The van der Waals surface area contributed by atoms with Gasteiger partial charge in [-0.05, 0) is 46.5 Å². The van der Waals surface area contributed by atoms with Crippen LogP contribution in [0.3, 0.4) is 0 Å². The van der Waals surface area contributed by atoms with Gasteiger partial charge in [0.2, 0.25) is 0 Å². The Bertz CT molecular complexity index is 2350. The van der Waals surface area contributed by atoms with Crippen molar-refractivity contribution in [3.63, 3.8) is 0 Å². The molecule has 2 N–H and O–H groups in total. The second-order valence-electron chi connectivity index (χ2n) is 11.0. The lowest BCUT2D eigenvalue weighted by Crippen LogP contribution is -2.06. The van der Waals surface area contributed by atoms with E-state index in [1.54, 1.807) is 0 Å². The summed E-state index contributed by atoms with van der Waals surface area (Å²) in [5.74, 6) is 0. The molecule has 2 aromatic heterocycles. The molecule has 3 nitrogen and oxygen atoms in total. The first-order valence-electron chi connectivity index (χ1n) is 14.8. The molecule has 0 aliphatic carbocycles. The first-order chi connectivity index (χ1) is 21.7. The molecule has 8 aromatic rings. The van der Waals surface area contributed by atoms with Crippen LogP contribution in [0.15, 0.2) is 157 Å². The third kappa shape index (κ3) is 4.57. The molecule has 6 aromatic carbocycles. The summed E-state index contributed by atoms with van der Waals surface area (Å²) in [6.45, 7) is 0.456. The van der Waals surface area contributed by atoms with Gasteiger partial charge in [0.05, 0.1) is 16.7 Å². The minimum atomic E-state index is 0.456. The molecule has 0 atom stereocenters. The van der Waals surface area contributed by atoms with E-state index >= 15 is 0 Å². The molecule has 44 heavy (non-hydrogen) atoms. The van der Waals surface area contributed by atoms with E-state index in [1.165, 1.54) is 53.1 Å². The van der Waals surface area contributed by atoms with Crippen LogP contribution in [0.1, 0.15) is 11.1 Å². The molecule has 0 saturated heterocycles. The van der Waals surface area contributed by atoms with Crippen LogP contribution in [0.4, 0.5) is 0 Å². The Hall–Kier alpha value is -5.45. The number of benzene rings is 6. The highest BCUT2D eigenvalue weighted by Crippen LogP contribution is 2.43. The Balaban J connectivity index is 1.36. The molecule has 0 bridgehead atoms. The molecular weight excluding hydrogens is 555 g/mol. The normalized spacial score (nSPS) is 12.5. The molecule has 0 aliphatic heterocycles. The number of nitrogens with two attached hydrogens (primary N) is 1. The van der Waals surface area contributed by atoms with Gasteiger partial charge in [-0.3, -0.25) is 4.99 Å². The minimum absolute atomic E-state index is 0.456. The van der Waals surface area contributed by atoms with Crippen LogP contribution < -0.4 is 5.73 Å². The molecule has 210 valence electrons. The van der Waals surface area contributed by atoms with E-state index < -0.39 is 0 Å². The lowest BCUT2D eigenvalue weighted by Gasteiger charge is -2.09. The molecule has 0 amide bonds. The zero-order valence-corrected chi connectivity index (χ0v) is 24.8. The van der Waals surface area contributed by atoms with Gasteiger partial charge in [-0.1, -0.05) is 127 Å². The number of allylic oxidation sites excluding steroid dienone is 1. The molecule has 0 aliphatic rings. The maximum Gasteiger partial charge on any atom is 0.115 e. The molecule has 8 rings (SSSR count). The first-order valence-corrected chi connectivity index (χ1v) is 15.6. The molecule has 0 radical (unpaired) electrons. The van der Waals surface area contributed by atoms with Crippen LogP contribution >= 0.6 is 11.3 Å². The first kappa shape index (κ1) is 26.2. The van der Waals surface area contributed by atoms with Crippen molar-refractivity contribution in [1.29, 1.82) is 0 Å². The highest BCUT2D eigenvalue weighted by atomic mass is 32.1. The summed E-state index contributed by atoms with van der Waals surface area (Å²) >= 11 is 1.87. The van der Waals surface area contributed by atoms with Crippen LogP contribution in [-0.4, -0.2) is 10.3 Å². The summed E-state index contributed by atoms with van der Waals surface area (Å²) in [5, 5.41) is 5.14. The predicted octanol–water partition coefficient (Wildman–Crippen LogP) is 10.3. The third-order valence-corrected chi connectivity index (χ3v) is 9.54. The van der Waals surface area contributed by atoms with E-state index in [4.69, 9.17) is 10.7 Å². The summed E-state index contributed by atoms with van der Waals surface area (Å²) in [5.41, 5.74) is 14.9. The van der Waals surface area contributed by atoms with E-state index in [-0.39, 0.29) is 0 Å². The Morgan fingerprint density at radius 2 is 1.27 bits per heavy atom. The van der Waals surface area contributed by atoms with Gasteiger partial charge in [0.15, 0.2) is 0 Å². The monoisotopic (exact) mass is 583 g/mol. The predicted molar refractivity (Wildman–Crippen MR) is 189 cm³/mol. The summed E-state index contributed by atoms with van der Waals surface area (Å²) in [7, 11) is 0. The molecular formula is C40H29N3S. The number of aromatic nitrogens is 1. The zero-order chi connectivity index (χ0) is 29.5. The van der Waals surface area contributed by atoms with Gasteiger partial charge in [0, 0.05) is 36.6 Å². The fourth-order valence-electron chi connectivity index (χ4n) is 6.16. The lowest BCUT2D eigenvalue weighted by atomic mass is 10.0. The molecule has 2 heterocycles. The Morgan fingerprint density at radius 3 is 2.05 bits per heavy atom. The smallest absolute Gasteiger partial charge is 0.115 e. The molecule has 0 fully saturated rings. The van der Waals surface area contributed by atoms with Crippen LogP contribution in [-0.2, 0) is 6.67 Å². The largest absolute Gasteiger partial charge is 0.398 e. The Kier molecular flexibility index (Phi) is 6.55. The molecule has 0 spiro atoms. The van der Waals surface area contributed by atoms with E-state index in [0.29, 0.717) is 12.4 Å². The number of aliphatic imine (C=N–C) groups is 1. The van der Waals surface area contributed by atoms with Crippen molar-refractivity contribution in [1.82, 2.24) is 4.57 Å². The maximum absolute atomic E-state index is 6.62. The van der Waals surface area contributed by atoms with Crippen LogP contribution in [0.5, 0.6) is 0 Å². The third-order valence-electron chi connectivity index (χ3n) is 8.33. The van der Waals surface area contributed by atoms with Gasteiger partial charge in [0.25, 0.3) is 0 Å². The second kappa shape index (κ2) is 11.0. The Labute approximate surface area is 259 Å². The van der Waals surface area contributed by atoms with Crippen molar-refractivity contribution < 1.29 is 0 Å². The highest BCUT2D eigenvalue weighted by molar-refractivity contribution is 7.26.